The molecule has 0 aromatic heterocycles. The normalized spacial score (nSPS) is 13.6. The van der Waals surface area contributed by atoms with Crippen LogP contribution in [0.4, 0.5) is 36.4 Å². The van der Waals surface area contributed by atoms with E-state index in [2.05, 4.69) is 0 Å². The van der Waals surface area contributed by atoms with Crippen LogP contribution in [0.25, 0.3) is 0 Å². The zero-order chi connectivity index (χ0) is 14.9. The van der Waals surface area contributed by atoms with E-state index >= 15 is 0 Å². The molecule has 0 unspecified atom stereocenters. The summed E-state index contributed by atoms with van der Waals surface area (Å²) in [7, 11) is 0. The highest BCUT2D eigenvalue weighted by Gasteiger charge is 2.71. The third kappa shape index (κ3) is 2.62. The minimum Gasteiger partial charge on any atom is -0.399 e. The molecule has 0 aliphatic rings. The molecule has 1 aromatic carbocycles. The molecule has 0 bridgehead atoms. The van der Waals surface area contributed by atoms with Crippen molar-refractivity contribution in [2.45, 2.75) is 24.2 Å². The van der Waals surface area contributed by atoms with Crippen molar-refractivity contribution in [3.8, 4) is 0 Å². The maximum Gasteiger partial charge on any atom is 0.407 e. The van der Waals surface area contributed by atoms with Crippen molar-refractivity contribution in [2.75, 3.05) is 12.4 Å². The predicted molar refractivity (Wildman–Crippen MR) is 55.2 cm³/mol. The van der Waals surface area contributed by atoms with Gasteiger partial charge in [-0.2, -0.15) is 26.3 Å². The molecule has 1 nitrogen and oxygen atoms in total. The Bertz CT molecular complexity index is 404. The van der Waals surface area contributed by atoms with Crippen LogP contribution in [-0.2, 0) is 5.41 Å². The Morgan fingerprint density at radius 1 is 0.842 bits per heavy atom. The Kier molecular flexibility index (Phi) is 4.02. The van der Waals surface area contributed by atoms with Gasteiger partial charge >= 0.3 is 12.4 Å². The summed E-state index contributed by atoms with van der Waals surface area (Å²) in [5.74, 6) is 0. The van der Waals surface area contributed by atoms with Gasteiger partial charge in [-0.1, -0.05) is 12.1 Å². The maximum atomic E-state index is 12.9. The Labute approximate surface area is 104 Å². The molecule has 19 heavy (non-hydrogen) atoms. The molecule has 0 heterocycles. The van der Waals surface area contributed by atoms with Crippen LogP contribution < -0.4 is 5.73 Å². The van der Waals surface area contributed by atoms with Gasteiger partial charge in [0.2, 0.25) is 0 Å². The average Bonchev–Trinajstić information content (AvgIpc) is 2.24. The highest BCUT2D eigenvalue weighted by molar-refractivity contribution is 5.43. The summed E-state index contributed by atoms with van der Waals surface area (Å²) in [5.41, 5.74) is -0.0484. The second-order valence-corrected chi connectivity index (χ2v) is 3.96. The molecule has 1 rings (SSSR count). The molecule has 108 valence electrons. The van der Waals surface area contributed by atoms with Gasteiger partial charge in [0, 0.05) is 12.1 Å². The van der Waals surface area contributed by atoms with Crippen molar-refractivity contribution in [2.24, 2.45) is 0 Å². The van der Waals surface area contributed by atoms with Gasteiger partial charge in [-0.3, -0.25) is 4.39 Å². The summed E-state index contributed by atoms with van der Waals surface area (Å²) in [6.07, 6.45) is -13.0. The smallest absolute Gasteiger partial charge is 0.399 e. The third-order valence-corrected chi connectivity index (χ3v) is 2.84. The molecule has 0 amide bonds. The zero-order valence-corrected chi connectivity index (χ0v) is 9.45. The number of benzene rings is 1. The molecule has 0 aliphatic heterocycles. The van der Waals surface area contributed by atoms with E-state index in [0.717, 1.165) is 12.1 Å². The number of nitrogens with two attached hydrogens (primary N) is 1. The molecule has 0 aliphatic carbocycles. The second kappa shape index (κ2) is 4.90. The minimum atomic E-state index is -5.66. The molecule has 0 radical (unpaired) electrons. The fraction of sp³-hybridized carbons (Fsp3) is 0.455. The first-order chi connectivity index (χ1) is 8.56. The molecule has 0 atom stereocenters. The maximum absolute atomic E-state index is 12.9. The fourth-order valence-corrected chi connectivity index (χ4v) is 1.83. The topological polar surface area (TPSA) is 26.0 Å². The monoisotopic (exact) mass is 289 g/mol. The lowest BCUT2D eigenvalue weighted by molar-refractivity contribution is -0.306. The summed E-state index contributed by atoms with van der Waals surface area (Å²) in [6, 6.07) is 3.07. The average molecular weight is 289 g/mol. The first-order valence-electron chi connectivity index (χ1n) is 5.11. The number of hydrogen-bond donors (Lipinski definition) is 1. The molecule has 0 saturated carbocycles. The summed E-state index contributed by atoms with van der Waals surface area (Å²) >= 11 is 0. The molecular weight excluding hydrogens is 279 g/mol. The molecule has 2 N–H and O–H groups in total. The largest absolute Gasteiger partial charge is 0.407 e. The zero-order valence-electron chi connectivity index (χ0n) is 9.45. The number of hydrogen-bond acceptors (Lipinski definition) is 1. The van der Waals surface area contributed by atoms with E-state index in [9.17, 15) is 30.7 Å². The summed E-state index contributed by atoms with van der Waals surface area (Å²) in [4.78, 5) is 0. The first kappa shape index (κ1) is 15.6. The number of alkyl halides is 7. The van der Waals surface area contributed by atoms with Crippen LogP contribution in [0.3, 0.4) is 0 Å². The van der Waals surface area contributed by atoms with Crippen molar-refractivity contribution in [3.05, 3.63) is 29.8 Å². The standard InChI is InChI=1S/C11H10F7N/c12-6-5-9(10(13,14)15,11(16,17)18)7-1-3-8(19)4-2-7/h1-4H,5-6,19H2. The van der Waals surface area contributed by atoms with E-state index in [1.807, 2.05) is 0 Å². The van der Waals surface area contributed by atoms with Crippen molar-refractivity contribution in [1.82, 2.24) is 0 Å². The quantitative estimate of drug-likeness (QED) is 0.661. The molecule has 8 heteroatoms. The molecule has 0 saturated heterocycles. The van der Waals surface area contributed by atoms with E-state index in [1.54, 1.807) is 0 Å². The van der Waals surface area contributed by atoms with Gasteiger partial charge in [-0.15, -0.1) is 0 Å². The van der Waals surface area contributed by atoms with E-state index in [1.165, 1.54) is 0 Å². The van der Waals surface area contributed by atoms with Crippen molar-refractivity contribution < 1.29 is 30.7 Å². The lowest BCUT2D eigenvalue weighted by Crippen LogP contribution is -2.54. The van der Waals surface area contributed by atoms with Crippen molar-refractivity contribution >= 4 is 5.69 Å². The Morgan fingerprint density at radius 2 is 1.26 bits per heavy atom. The second-order valence-electron chi connectivity index (χ2n) is 3.96. The first-order valence-corrected chi connectivity index (χ1v) is 5.11. The SMILES string of the molecule is Nc1ccc(C(CCF)(C(F)(F)F)C(F)(F)F)cc1. The van der Waals surface area contributed by atoms with Gasteiger partial charge in [0.05, 0.1) is 6.67 Å². The van der Waals surface area contributed by atoms with Crippen LogP contribution in [0, 0.1) is 0 Å². The molecule has 0 spiro atoms. The molecule has 1 aromatic rings. The van der Waals surface area contributed by atoms with E-state index in [4.69, 9.17) is 5.73 Å². The Morgan fingerprint density at radius 3 is 1.58 bits per heavy atom. The van der Waals surface area contributed by atoms with E-state index < -0.39 is 36.4 Å². The number of anilines is 1. The van der Waals surface area contributed by atoms with E-state index in [-0.39, 0.29) is 5.69 Å². The summed E-state index contributed by atoms with van der Waals surface area (Å²) < 4.78 is 89.8. The number of rotatable bonds is 3. The highest BCUT2D eigenvalue weighted by atomic mass is 19.4. The van der Waals surface area contributed by atoms with E-state index in [0.29, 0.717) is 12.1 Å². The van der Waals surface area contributed by atoms with Gasteiger partial charge in [-0.05, 0) is 17.7 Å². The minimum absolute atomic E-state index is 0.0160. The molecular formula is C11H10F7N. The van der Waals surface area contributed by atoms with Gasteiger partial charge in [0.25, 0.3) is 0 Å². The van der Waals surface area contributed by atoms with Gasteiger partial charge in [-0.25, -0.2) is 0 Å². The van der Waals surface area contributed by atoms with Crippen LogP contribution in [0.15, 0.2) is 24.3 Å². The number of halogens is 7. The third-order valence-electron chi connectivity index (χ3n) is 2.84. The lowest BCUT2D eigenvalue weighted by atomic mass is 9.76. The van der Waals surface area contributed by atoms with Crippen LogP contribution in [0.5, 0.6) is 0 Å². The van der Waals surface area contributed by atoms with Crippen LogP contribution >= 0.6 is 0 Å². The van der Waals surface area contributed by atoms with Gasteiger partial charge < -0.3 is 5.73 Å². The lowest BCUT2D eigenvalue weighted by Gasteiger charge is -2.37. The Hall–Kier alpha value is -1.47. The fourth-order valence-electron chi connectivity index (χ4n) is 1.83. The number of nitrogen functional groups attached to an aromatic ring is 1. The van der Waals surface area contributed by atoms with Crippen molar-refractivity contribution in [3.63, 3.8) is 0 Å². The Balaban J connectivity index is 3.52. The van der Waals surface area contributed by atoms with Crippen LogP contribution in [-0.4, -0.2) is 19.0 Å². The molecule has 0 fully saturated rings. The van der Waals surface area contributed by atoms with Crippen LogP contribution in [0.1, 0.15) is 12.0 Å². The summed E-state index contributed by atoms with van der Waals surface area (Å²) in [6.45, 7) is -1.75. The highest BCUT2D eigenvalue weighted by Crippen LogP contribution is 2.54. The van der Waals surface area contributed by atoms with Gasteiger partial charge in [0.1, 0.15) is 0 Å². The predicted octanol–water partition coefficient (Wildman–Crippen LogP) is 3.99. The van der Waals surface area contributed by atoms with Crippen LogP contribution in [0.2, 0.25) is 0 Å². The summed E-state index contributed by atoms with van der Waals surface area (Å²) in [5, 5.41) is 0. The van der Waals surface area contributed by atoms with Gasteiger partial charge in [0.15, 0.2) is 5.41 Å². The van der Waals surface area contributed by atoms with Crippen molar-refractivity contribution in [1.29, 1.82) is 0 Å².